The maximum atomic E-state index is 13.5. The lowest BCUT2D eigenvalue weighted by molar-refractivity contribution is 0.00693. The fourth-order valence-corrected chi connectivity index (χ4v) is 3.59. The lowest BCUT2D eigenvalue weighted by atomic mass is 10.1. The van der Waals surface area contributed by atoms with E-state index in [9.17, 15) is 14.0 Å². The normalized spacial score (nSPS) is 14.2. The monoisotopic (exact) mass is 388 g/mol. The minimum absolute atomic E-state index is 0.246. The van der Waals surface area contributed by atoms with Crippen LogP contribution in [0.15, 0.2) is 42.5 Å². The van der Waals surface area contributed by atoms with Crippen molar-refractivity contribution >= 4 is 29.7 Å². The first kappa shape index (κ1) is 19.2. The lowest BCUT2D eigenvalue weighted by Crippen LogP contribution is -2.34. The molecule has 3 rings (SSSR count). The van der Waals surface area contributed by atoms with Crippen LogP contribution in [-0.2, 0) is 11.3 Å². The SMILES string of the molecule is CN1SN(Cc2ccc(C(=O)OC(C)(C)C)cc2)C(=O)c2cc(F)ccc21. The van der Waals surface area contributed by atoms with E-state index in [1.54, 1.807) is 34.6 Å². The molecule has 1 aliphatic rings. The second-order valence-corrected chi connectivity index (χ2v) is 8.43. The molecule has 7 heteroatoms. The molecule has 0 atom stereocenters. The van der Waals surface area contributed by atoms with Crippen LogP contribution >= 0.6 is 12.1 Å². The highest BCUT2D eigenvalue weighted by molar-refractivity contribution is 7.99. The largest absolute Gasteiger partial charge is 0.456 e. The highest BCUT2D eigenvalue weighted by Gasteiger charge is 2.29. The van der Waals surface area contributed by atoms with Gasteiger partial charge in [-0.25, -0.2) is 9.18 Å². The van der Waals surface area contributed by atoms with E-state index in [2.05, 4.69) is 0 Å². The average molecular weight is 388 g/mol. The first-order valence-corrected chi connectivity index (χ1v) is 9.22. The molecule has 27 heavy (non-hydrogen) atoms. The van der Waals surface area contributed by atoms with Crippen LogP contribution in [0.3, 0.4) is 0 Å². The van der Waals surface area contributed by atoms with Gasteiger partial charge in [0.05, 0.1) is 35.5 Å². The highest BCUT2D eigenvalue weighted by atomic mass is 32.2. The molecule has 2 aromatic rings. The second kappa shape index (κ2) is 7.23. The van der Waals surface area contributed by atoms with Gasteiger partial charge in [-0.1, -0.05) is 12.1 Å². The minimum atomic E-state index is -0.556. The van der Waals surface area contributed by atoms with Gasteiger partial charge in [0.15, 0.2) is 0 Å². The Hall–Kier alpha value is -2.54. The fourth-order valence-electron chi connectivity index (χ4n) is 2.67. The zero-order chi connectivity index (χ0) is 19.8. The van der Waals surface area contributed by atoms with Crippen LogP contribution in [-0.4, -0.2) is 28.8 Å². The molecular formula is C20H21FN2O3S. The summed E-state index contributed by atoms with van der Waals surface area (Å²) in [5.41, 5.74) is 1.77. The van der Waals surface area contributed by atoms with Crippen LogP contribution in [0.1, 0.15) is 47.1 Å². The Bertz CT molecular complexity index is 878. The summed E-state index contributed by atoms with van der Waals surface area (Å²) in [5.74, 6) is -1.07. The average Bonchev–Trinajstić information content (AvgIpc) is 2.58. The summed E-state index contributed by atoms with van der Waals surface area (Å²) >= 11 is 1.26. The highest BCUT2D eigenvalue weighted by Crippen LogP contribution is 2.36. The van der Waals surface area contributed by atoms with Crippen LogP contribution in [0.2, 0.25) is 0 Å². The molecule has 0 aliphatic carbocycles. The predicted molar refractivity (Wildman–Crippen MR) is 104 cm³/mol. The van der Waals surface area contributed by atoms with Crippen molar-refractivity contribution in [1.29, 1.82) is 0 Å². The number of ether oxygens (including phenoxy) is 1. The van der Waals surface area contributed by atoms with E-state index in [0.29, 0.717) is 23.4 Å². The molecule has 0 radical (unpaired) electrons. The van der Waals surface area contributed by atoms with Crippen molar-refractivity contribution in [2.24, 2.45) is 0 Å². The summed E-state index contributed by atoms with van der Waals surface area (Å²) < 4.78 is 22.3. The van der Waals surface area contributed by atoms with Crippen molar-refractivity contribution in [2.75, 3.05) is 11.4 Å². The quantitative estimate of drug-likeness (QED) is 0.575. The molecule has 1 aliphatic heterocycles. The number of fused-ring (bicyclic) bond motifs is 1. The molecule has 0 spiro atoms. The third kappa shape index (κ3) is 4.42. The second-order valence-electron chi connectivity index (χ2n) is 7.28. The first-order valence-electron chi connectivity index (χ1n) is 8.49. The van der Waals surface area contributed by atoms with Gasteiger partial charge in [-0.2, -0.15) is 0 Å². The van der Waals surface area contributed by atoms with E-state index in [-0.39, 0.29) is 11.9 Å². The van der Waals surface area contributed by atoms with Gasteiger partial charge in [0.1, 0.15) is 11.4 Å². The van der Waals surface area contributed by atoms with Crippen LogP contribution < -0.4 is 4.31 Å². The number of benzene rings is 2. The number of esters is 1. The molecule has 1 heterocycles. The first-order chi connectivity index (χ1) is 12.6. The van der Waals surface area contributed by atoms with Gasteiger partial charge < -0.3 is 9.04 Å². The maximum absolute atomic E-state index is 13.5. The number of hydrogen-bond acceptors (Lipinski definition) is 5. The summed E-state index contributed by atoms with van der Waals surface area (Å²) in [7, 11) is 1.83. The van der Waals surface area contributed by atoms with Crippen LogP contribution in [0.4, 0.5) is 10.1 Å². The summed E-state index contributed by atoms with van der Waals surface area (Å²) in [6.45, 7) is 5.78. The van der Waals surface area contributed by atoms with Crippen LogP contribution in [0.25, 0.3) is 0 Å². The standard InChI is InChI=1S/C20H21FN2O3S/c1-20(2,3)26-19(25)14-7-5-13(6-8-14)12-23-18(24)16-11-15(21)9-10-17(16)22(4)27-23/h5-11H,12H2,1-4H3. The maximum Gasteiger partial charge on any atom is 0.338 e. The zero-order valence-corrected chi connectivity index (χ0v) is 16.5. The van der Waals surface area contributed by atoms with Crippen molar-refractivity contribution in [1.82, 2.24) is 4.31 Å². The van der Waals surface area contributed by atoms with Crippen molar-refractivity contribution in [3.05, 3.63) is 65.0 Å². The summed E-state index contributed by atoms with van der Waals surface area (Å²) in [4.78, 5) is 24.8. The van der Waals surface area contributed by atoms with Crippen molar-refractivity contribution in [3.8, 4) is 0 Å². The fraction of sp³-hybridized carbons (Fsp3) is 0.300. The van der Waals surface area contributed by atoms with Crippen molar-refractivity contribution < 1.29 is 18.7 Å². The smallest absolute Gasteiger partial charge is 0.338 e. The Morgan fingerprint density at radius 2 is 1.81 bits per heavy atom. The Balaban J connectivity index is 1.74. The van der Waals surface area contributed by atoms with E-state index in [0.717, 1.165) is 5.56 Å². The molecule has 1 amide bonds. The number of carbonyl (C=O) groups excluding carboxylic acids is 2. The van der Waals surface area contributed by atoms with Crippen molar-refractivity contribution in [2.45, 2.75) is 32.9 Å². The number of anilines is 1. The summed E-state index contributed by atoms with van der Waals surface area (Å²) in [5, 5.41) is 0. The molecule has 0 saturated carbocycles. The van der Waals surface area contributed by atoms with E-state index in [1.165, 1.54) is 24.3 Å². The number of carbonyl (C=O) groups is 2. The Morgan fingerprint density at radius 3 is 2.44 bits per heavy atom. The minimum Gasteiger partial charge on any atom is -0.456 e. The summed E-state index contributed by atoms with van der Waals surface area (Å²) in [6.07, 6.45) is 0. The zero-order valence-electron chi connectivity index (χ0n) is 15.7. The van der Waals surface area contributed by atoms with Gasteiger partial charge in [0, 0.05) is 7.05 Å². The van der Waals surface area contributed by atoms with Gasteiger partial charge in [-0.3, -0.25) is 9.10 Å². The van der Waals surface area contributed by atoms with Gasteiger partial charge in [-0.15, -0.1) is 0 Å². The molecule has 0 unspecified atom stereocenters. The Kier molecular flexibility index (Phi) is 5.15. The molecule has 0 saturated heterocycles. The molecule has 0 fully saturated rings. The van der Waals surface area contributed by atoms with E-state index in [4.69, 9.17) is 4.74 Å². The van der Waals surface area contributed by atoms with Crippen LogP contribution in [0.5, 0.6) is 0 Å². The third-order valence-corrected chi connectivity index (χ3v) is 4.82. The van der Waals surface area contributed by atoms with E-state index < -0.39 is 11.4 Å². The van der Waals surface area contributed by atoms with Gasteiger partial charge >= 0.3 is 5.97 Å². The van der Waals surface area contributed by atoms with E-state index >= 15 is 0 Å². The number of hydrogen-bond donors (Lipinski definition) is 0. The lowest BCUT2D eigenvalue weighted by Gasteiger charge is -2.33. The molecule has 2 aromatic carbocycles. The molecule has 0 bridgehead atoms. The predicted octanol–water partition coefficient (Wildman–Crippen LogP) is 4.44. The number of rotatable bonds is 3. The number of nitrogens with zero attached hydrogens (tertiary/aromatic N) is 2. The third-order valence-electron chi connectivity index (χ3n) is 3.89. The van der Waals surface area contributed by atoms with Gasteiger partial charge in [0.2, 0.25) is 0 Å². The van der Waals surface area contributed by atoms with Gasteiger partial charge in [-0.05, 0) is 56.7 Å². The number of amides is 1. The molecule has 0 N–H and O–H groups in total. The topological polar surface area (TPSA) is 49.9 Å². The number of halogens is 1. The Morgan fingerprint density at radius 1 is 1.15 bits per heavy atom. The Labute approximate surface area is 162 Å². The molecule has 142 valence electrons. The van der Waals surface area contributed by atoms with Gasteiger partial charge in [0.25, 0.3) is 5.91 Å². The molecule has 0 aromatic heterocycles. The van der Waals surface area contributed by atoms with Crippen molar-refractivity contribution in [3.63, 3.8) is 0 Å². The molecular weight excluding hydrogens is 367 g/mol. The van der Waals surface area contributed by atoms with Crippen LogP contribution in [0, 0.1) is 5.82 Å². The van der Waals surface area contributed by atoms with E-state index in [1.807, 2.05) is 32.1 Å². The molecule has 5 nitrogen and oxygen atoms in total. The summed E-state index contributed by atoms with van der Waals surface area (Å²) in [6, 6.07) is 11.1.